The van der Waals surface area contributed by atoms with E-state index in [-0.39, 0.29) is 16.4 Å². The molecule has 0 spiro atoms. The average molecular weight is 425 g/mol. The topological polar surface area (TPSA) is 84.5 Å². The van der Waals surface area contributed by atoms with Gasteiger partial charge in [-0.25, -0.2) is 8.42 Å². The molecule has 2 N–H and O–H groups in total. The van der Waals surface area contributed by atoms with Crippen LogP contribution in [-0.2, 0) is 10.0 Å². The number of rotatable bonds is 8. The van der Waals surface area contributed by atoms with Crippen LogP contribution >= 0.6 is 0 Å². The first-order chi connectivity index (χ1) is 14.3. The number of hydrogen-bond acceptors (Lipinski definition) is 4. The standard InChI is InChI=1S/C23H24N2O4S/c1-17-7-6-8-20(15-17)25-30(27,28)22-16-19(12-11-18(22)2)23(26)24-13-14-29-21-9-4-3-5-10-21/h3-12,15-16,25H,13-14H2,1-2H3,(H,24,26). The second-order valence-electron chi connectivity index (χ2n) is 6.87. The van der Waals surface area contributed by atoms with Crippen molar-refractivity contribution < 1.29 is 17.9 Å². The molecule has 3 rings (SSSR count). The number of benzene rings is 3. The van der Waals surface area contributed by atoms with Gasteiger partial charge in [0.15, 0.2) is 0 Å². The maximum atomic E-state index is 12.9. The van der Waals surface area contributed by atoms with E-state index in [0.29, 0.717) is 24.4 Å². The second-order valence-corrected chi connectivity index (χ2v) is 8.52. The highest BCUT2D eigenvalue weighted by atomic mass is 32.2. The van der Waals surface area contributed by atoms with Gasteiger partial charge in [0.1, 0.15) is 12.4 Å². The van der Waals surface area contributed by atoms with E-state index in [2.05, 4.69) is 10.0 Å². The highest BCUT2D eigenvalue weighted by Crippen LogP contribution is 2.21. The summed E-state index contributed by atoms with van der Waals surface area (Å²) in [5.74, 6) is 0.358. The van der Waals surface area contributed by atoms with Crippen LogP contribution in [0.3, 0.4) is 0 Å². The molecule has 30 heavy (non-hydrogen) atoms. The zero-order chi connectivity index (χ0) is 21.6. The van der Waals surface area contributed by atoms with Crippen LogP contribution in [0, 0.1) is 13.8 Å². The van der Waals surface area contributed by atoms with Crippen LogP contribution in [0.5, 0.6) is 5.75 Å². The van der Waals surface area contributed by atoms with Gasteiger partial charge in [0.2, 0.25) is 0 Å². The number of anilines is 1. The maximum absolute atomic E-state index is 12.9. The number of carbonyl (C=O) groups is 1. The van der Waals surface area contributed by atoms with Crippen LogP contribution in [0.15, 0.2) is 77.7 Å². The third kappa shape index (κ3) is 5.61. The van der Waals surface area contributed by atoms with Gasteiger partial charge in [0.25, 0.3) is 15.9 Å². The summed E-state index contributed by atoms with van der Waals surface area (Å²) in [5.41, 5.74) is 2.24. The average Bonchev–Trinajstić information content (AvgIpc) is 2.71. The van der Waals surface area contributed by atoms with Crippen LogP contribution in [0.1, 0.15) is 21.5 Å². The Balaban J connectivity index is 1.67. The zero-order valence-electron chi connectivity index (χ0n) is 16.9. The Kier molecular flexibility index (Phi) is 6.74. The van der Waals surface area contributed by atoms with Gasteiger partial charge >= 0.3 is 0 Å². The lowest BCUT2D eigenvalue weighted by molar-refractivity contribution is 0.0947. The van der Waals surface area contributed by atoms with Crippen molar-refractivity contribution >= 4 is 21.6 Å². The van der Waals surface area contributed by atoms with Gasteiger partial charge < -0.3 is 10.1 Å². The van der Waals surface area contributed by atoms with Gasteiger partial charge in [-0.15, -0.1) is 0 Å². The van der Waals surface area contributed by atoms with Gasteiger partial charge in [-0.05, 0) is 61.4 Å². The molecule has 0 unspecified atom stereocenters. The fraction of sp³-hybridized carbons (Fsp3) is 0.174. The Morgan fingerprint density at radius 3 is 2.43 bits per heavy atom. The first-order valence-corrected chi connectivity index (χ1v) is 11.0. The van der Waals surface area contributed by atoms with Gasteiger partial charge in [0.05, 0.1) is 11.4 Å². The molecule has 6 nitrogen and oxygen atoms in total. The lowest BCUT2D eigenvalue weighted by atomic mass is 10.1. The van der Waals surface area contributed by atoms with Gasteiger partial charge in [-0.1, -0.05) is 36.4 Å². The molecule has 0 aromatic heterocycles. The van der Waals surface area contributed by atoms with E-state index >= 15 is 0 Å². The maximum Gasteiger partial charge on any atom is 0.262 e. The molecule has 7 heteroatoms. The molecule has 0 atom stereocenters. The minimum absolute atomic E-state index is 0.0668. The molecule has 0 aliphatic heterocycles. The van der Waals surface area contributed by atoms with Crippen molar-refractivity contribution in [1.29, 1.82) is 0 Å². The molecular formula is C23H24N2O4S. The first-order valence-electron chi connectivity index (χ1n) is 9.51. The van der Waals surface area contributed by atoms with Crippen molar-refractivity contribution in [2.24, 2.45) is 0 Å². The van der Waals surface area contributed by atoms with Crippen molar-refractivity contribution in [2.45, 2.75) is 18.7 Å². The van der Waals surface area contributed by atoms with E-state index in [0.717, 1.165) is 11.3 Å². The molecule has 156 valence electrons. The smallest absolute Gasteiger partial charge is 0.262 e. The number of hydrogen-bond donors (Lipinski definition) is 2. The molecule has 0 fully saturated rings. The van der Waals surface area contributed by atoms with Crippen molar-refractivity contribution in [1.82, 2.24) is 5.32 Å². The molecule has 0 saturated heterocycles. The third-order valence-electron chi connectivity index (χ3n) is 4.41. The van der Waals surface area contributed by atoms with E-state index < -0.39 is 10.0 Å². The van der Waals surface area contributed by atoms with Gasteiger partial charge in [0, 0.05) is 11.3 Å². The Morgan fingerprint density at radius 1 is 0.933 bits per heavy atom. The predicted octanol–water partition coefficient (Wildman–Crippen LogP) is 3.91. The van der Waals surface area contributed by atoms with E-state index in [1.165, 1.54) is 6.07 Å². The predicted molar refractivity (Wildman–Crippen MR) is 117 cm³/mol. The fourth-order valence-corrected chi connectivity index (χ4v) is 4.22. The molecule has 3 aromatic rings. The van der Waals surface area contributed by atoms with Crippen LogP contribution in [0.4, 0.5) is 5.69 Å². The summed E-state index contributed by atoms with van der Waals surface area (Å²) >= 11 is 0. The molecule has 0 aliphatic rings. The monoisotopic (exact) mass is 424 g/mol. The second kappa shape index (κ2) is 9.45. The third-order valence-corrected chi connectivity index (χ3v) is 5.93. The number of carbonyl (C=O) groups excluding carboxylic acids is 1. The van der Waals surface area contributed by atoms with Crippen molar-refractivity contribution in [3.63, 3.8) is 0 Å². The van der Waals surface area contributed by atoms with Crippen molar-refractivity contribution in [2.75, 3.05) is 17.9 Å². The normalized spacial score (nSPS) is 11.0. The zero-order valence-corrected chi connectivity index (χ0v) is 17.7. The quantitative estimate of drug-likeness (QED) is 0.537. The van der Waals surface area contributed by atoms with Crippen LogP contribution < -0.4 is 14.8 Å². The molecular weight excluding hydrogens is 400 g/mol. The lowest BCUT2D eigenvalue weighted by Gasteiger charge is -2.13. The van der Waals surface area contributed by atoms with Crippen LogP contribution in [0.25, 0.3) is 0 Å². The Bertz CT molecular complexity index is 1130. The number of ether oxygens (including phenoxy) is 1. The molecule has 0 saturated carbocycles. The Morgan fingerprint density at radius 2 is 1.70 bits per heavy atom. The van der Waals surface area contributed by atoms with Crippen molar-refractivity contribution in [3.8, 4) is 5.75 Å². The SMILES string of the molecule is Cc1cccc(NS(=O)(=O)c2cc(C(=O)NCCOc3ccccc3)ccc2C)c1. The first kappa shape index (κ1) is 21.4. The minimum atomic E-state index is -3.83. The van der Waals surface area contributed by atoms with Crippen LogP contribution in [0.2, 0.25) is 0 Å². The summed E-state index contributed by atoms with van der Waals surface area (Å²) < 4.78 is 33.8. The molecule has 0 bridgehead atoms. The lowest BCUT2D eigenvalue weighted by Crippen LogP contribution is -2.28. The summed E-state index contributed by atoms with van der Waals surface area (Å²) in [6, 6.07) is 21.0. The number of sulfonamides is 1. The Labute approximate surface area is 177 Å². The number of amides is 1. The summed E-state index contributed by atoms with van der Waals surface area (Å²) in [5, 5.41) is 2.75. The summed E-state index contributed by atoms with van der Waals surface area (Å²) in [4.78, 5) is 12.5. The van der Waals surface area contributed by atoms with Crippen LogP contribution in [-0.4, -0.2) is 27.5 Å². The summed E-state index contributed by atoms with van der Waals surface area (Å²) in [6.07, 6.45) is 0. The van der Waals surface area contributed by atoms with E-state index in [1.807, 2.05) is 43.3 Å². The number of para-hydroxylation sites is 1. The molecule has 0 radical (unpaired) electrons. The van der Waals surface area contributed by atoms with Gasteiger partial charge in [-0.2, -0.15) is 0 Å². The minimum Gasteiger partial charge on any atom is -0.492 e. The van der Waals surface area contributed by atoms with E-state index in [4.69, 9.17) is 4.74 Å². The molecule has 1 amide bonds. The highest BCUT2D eigenvalue weighted by molar-refractivity contribution is 7.92. The fourth-order valence-electron chi connectivity index (χ4n) is 2.90. The molecule has 0 aliphatic carbocycles. The summed E-state index contributed by atoms with van der Waals surface area (Å²) in [7, 11) is -3.83. The highest BCUT2D eigenvalue weighted by Gasteiger charge is 2.19. The number of aryl methyl sites for hydroxylation is 2. The van der Waals surface area contributed by atoms with E-state index in [9.17, 15) is 13.2 Å². The summed E-state index contributed by atoms with van der Waals surface area (Å²) in [6.45, 7) is 4.18. The molecule has 3 aromatic carbocycles. The molecule has 0 heterocycles. The Hall–Kier alpha value is -3.32. The van der Waals surface area contributed by atoms with E-state index in [1.54, 1.807) is 37.3 Å². The largest absolute Gasteiger partial charge is 0.492 e. The van der Waals surface area contributed by atoms with Gasteiger partial charge in [-0.3, -0.25) is 9.52 Å². The number of nitrogens with one attached hydrogen (secondary N) is 2. The van der Waals surface area contributed by atoms with Crippen molar-refractivity contribution in [3.05, 3.63) is 89.5 Å².